The van der Waals surface area contributed by atoms with Gasteiger partial charge in [-0.15, -0.1) is 0 Å². The van der Waals surface area contributed by atoms with Crippen molar-refractivity contribution in [3.63, 3.8) is 0 Å². The molecular weight excluding hydrogens is 532 g/mol. The van der Waals surface area contributed by atoms with E-state index in [9.17, 15) is 18.0 Å². The molecule has 1 amide bonds. The van der Waals surface area contributed by atoms with Gasteiger partial charge in [-0.05, 0) is 65.9 Å². The minimum Gasteiger partial charge on any atom is -0.462 e. The molecule has 0 aliphatic carbocycles. The lowest BCUT2D eigenvalue weighted by Crippen LogP contribution is -2.27. The number of nitrogens with one attached hydrogen (secondary N) is 3. The number of hydrogen-bond acceptors (Lipinski definition) is 7. The molecule has 0 aliphatic heterocycles. The molecule has 0 saturated heterocycles. The molecule has 214 valence electrons. The van der Waals surface area contributed by atoms with Crippen LogP contribution < -0.4 is 16.4 Å². The van der Waals surface area contributed by atoms with Crippen molar-refractivity contribution in [2.45, 2.75) is 27.3 Å². The topological polar surface area (TPSA) is 172 Å². The van der Waals surface area contributed by atoms with E-state index in [0.29, 0.717) is 47.5 Å². The molecular formula is C29H36N4O6S. The Bertz CT molecular complexity index is 1430. The number of carbonyl (C=O) groups is 2. The molecule has 3 aromatic carbocycles. The second-order valence-electron chi connectivity index (χ2n) is 9.32. The molecule has 0 heterocycles. The van der Waals surface area contributed by atoms with Crippen LogP contribution in [0.25, 0.3) is 11.1 Å². The van der Waals surface area contributed by atoms with Crippen molar-refractivity contribution in [2.75, 3.05) is 24.7 Å². The summed E-state index contributed by atoms with van der Waals surface area (Å²) in [7, 11) is -3.67. The van der Waals surface area contributed by atoms with Crippen molar-refractivity contribution in [3.8, 4) is 11.1 Å². The molecule has 0 saturated carbocycles. The van der Waals surface area contributed by atoms with Crippen LogP contribution in [0.3, 0.4) is 0 Å². The minimum absolute atomic E-state index is 0.0229. The average Bonchev–Trinajstić information content (AvgIpc) is 2.89. The second-order valence-corrected chi connectivity index (χ2v) is 10.8. The van der Waals surface area contributed by atoms with Crippen molar-refractivity contribution in [2.24, 2.45) is 11.7 Å². The van der Waals surface area contributed by atoms with E-state index < -0.39 is 16.1 Å². The zero-order valence-electron chi connectivity index (χ0n) is 23.0. The van der Waals surface area contributed by atoms with E-state index in [4.69, 9.17) is 20.4 Å². The smallest absolute Gasteiger partial charge is 0.338 e. The van der Waals surface area contributed by atoms with Gasteiger partial charge in [-0.1, -0.05) is 44.2 Å². The summed E-state index contributed by atoms with van der Waals surface area (Å²) in [5.74, 6) is -0.348. The fraction of sp³-hybridized carbons (Fsp3) is 0.276. The largest absolute Gasteiger partial charge is 0.462 e. The van der Waals surface area contributed by atoms with Gasteiger partial charge in [0.05, 0.1) is 18.4 Å². The summed E-state index contributed by atoms with van der Waals surface area (Å²) in [6, 6.07) is 20.3. The fourth-order valence-electron chi connectivity index (χ4n) is 3.60. The zero-order valence-corrected chi connectivity index (χ0v) is 23.8. The number of benzene rings is 3. The molecule has 0 radical (unpaired) electrons. The van der Waals surface area contributed by atoms with Crippen LogP contribution in [0.1, 0.15) is 52.6 Å². The van der Waals surface area contributed by atoms with Gasteiger partial charge >= 0.3 is 5.97 Å². The summed E-state index contributed by atoms with van der Waals surface area (Å²) >= 11 is 0. The minimum atomic E-state index is -3.67. The number of carbonyl (C=O) groups excluding carboxylic acids is 2. The molecule has 3 rings (SSSR count). The third-order valence-corrected chi connectivity index (χ3v) is 5.43. The van der Waals surface area contributed by atoms with Crippen LogP contribution in [0, 0.1) is 11.3 Å². The normalized spacial score (nSPS) is 10.8. The molecule has 0 spiro atoms. The van der Waals surface area contributed by atoms with Gasteiger partial charge in [-0.3, -0.25) is 14.8 Å². The maximum atomic E-state index is 12.9. The molecule has 3 aromatic rings. The fourth-order valence-corrected chi connectivity index (χ4v) is 3.60. The van der Waals surface area contributed by atoms with E-state index in [2.05, 4.69) is 10.6 Å². The predicted octanol–water partition coefficient (Wildman–Crippen LogP) is 4.32. The first-order valence-corrected chi connectivity index (χ1v) is 14.4. The molecule has 0 fully saturated rings. The van der Waals surface area contributed by atoms with Crippen molar-refractivity contribution in [3.05, 3.63) is 89.0 Å². The van der Waals surface area contributed by atoms with E-state index in [1.807, 2.05) is 50.2 Å². The van der Waals surface area contributed by atoms with Gasteiger partial charge in [0, 0.05) is 29.9 Å². The number of esters is 1. The lowest BCUT2D eigenvalue weighted by molar-refractivity contribution is 0.0527. The Morgan fingerprint density at radius 1 is 1.00 bits per heavy atom. The number of amides is 1. The number of ether oxygens (including phenoxy) is 1. The van der Waals surface area contributed by atoms with Crippen LogP contribution in [-0.4, -0.2) is 50.1 Å². The van der Waals surface area contributed by atoms with Crippen molar-refractivity contribution in [1.82, 2.24) is 5.32 Å². The Morgan fingerprint density at radius 3 is 2.17 bits per heavy atom. The second kappa shape index (κ2) is 14.8. The van der Waals surface area contributed by atoms with Crippen molar-refractivity contribution < 1.29 is 27.3 Å². The van der Waals surface area contributed by atoms with Crippen LogP contribution in [0.15, 0.2) is 66.7 Å². The summed E-state index contributed by atoms with van der Waals surface area (Å²) in [4.78, 5) is 25.5. The quantitative estimate of drug-likeness (QED) is 0.104. The molecule has 0 atom stereocenters. The van der Waals surface area contributed by atoms with Gasteiger partial charge in [0.2, 0.25) is 0 Å². The highest BCUT2D eigenvalue weighted by molar-refractivity contribution is 7.85. The number of hydrogen-bond donors (Lipinski definition) is 5. The van der Waals surface area contributed by atoms with Crippen LogP contribution in [0.4, 0.5) is 5.69 Å². The SMILES string of the molecule is CCOC(=O)c1cc(C(=O)NCC(C)C)ccc1-c1ccccc1CNc1ccc(C(=N)N)cc1.CS(=O)(=O)O. The Hall–Kier alpha value is -4.22. The molecule has 6 N–H and O–H groups in total. The highest BCUT2D eigenvalue weighted by Gasteiger charge is 2.19. The lowest BCUT2D eigenvalue weighted by atomic mass is 9.93. The third kappa shape index (κ3) is 10.5. The van der Waals surface area contributed by atoms with Gasteiger partial charge in [0.25, 0.3) is 16.0 Å². The van der Waals surface area contributed by atoms with Crippen molar-refractivity contribution >= 4 is 33.5 Å². The van der Waals surface area contributed by atoms with E-state index in [0.717, 1.165) is 16.8 Å². The van der Waals surface area contributed by atoms with Gasteiger partial charge < -0.3 is 21.1 Å². The molecule has 0 aromatic heterocycles. The Kier molecular flexibility index (Phi) is 11.8. The van der Waals surface area contributed by atoms with E-state index in [-0.39, 0.29) is 18.3 Å². The molecule has 0 aliphatic rings. The highest BCUT2D eigenvalue weighted by Crippen LogP contribution is 2.29. The highest BCUT2D eigenvalue weighted by atomic mass is 32.2. The molecule has 40 heavy (non-hydrogen) atoms. The summed E-state index contributed by atoms with van der Waals surface area (Å²) in [5, 5.41) is 13.8. The summed E-state index contributed by atoms with van der Waals surface area (Å²) in [5.41, 5.74) is 10.4. The van der Waals surface area contributed by atoms with E-state index in [1.54, 1.807) is 37.3 Å². The van der Waals surface area contributed by atoms with Gasteiger partial charge in [0.1, 0.15) is 5.84 Å². The molecule has 0 bridgehead atoms. The van der Waals surface area contributed by atoms with Crippen LogP contribution >= 0.6 is 0 Å². The Balaban J connectivity index is 0.00000103. The summed E-state index contributed by atoms with van der Waals surface area (Å²) in [6.07, 6.45) is 0.715. The monoisotopic (exact) mass is 568 g/mol. The molecule has 11 heteroatoms. The average molecular weight is 569 g/mol. The first-order chi connectivity index (χ1) is 18.8. The van der Waals surface area contributed by atoms with Gasteiger partial charge in [-0.2, -0.15) is 8.42 Å². The predicted molar refractivity (Wildman–Crippen MR) is 157 cm³/mol. The maximum absolute atomic E-state index is 12.9. The molecule has 10 nitrogen and oxygen atoms in total. The first-order valence-electron chi connectivity index (χ1n) is 12.6. The van der Waals surface area contributed by atoms with Gasteiger partial charge in [-0.25, -0.2) is 4.79 Å². The van der Waals surface area contributed by atoms with Crippen LogP contribution in [0.5, 0.6) is 0 Å². The summed E-state index contributed by atoms with van der Waals surface area (Å²) < 4.78 is 31.2. The third-order valence-electron chi connectivity index (χ3n) is 5.43. The first kappa shape index (κ1) is 32.0. The Labute approximate surface area is 235 Å². The van der Waals surface area contributed by atoms with E-state index in [1.165, 1.54) is 0 Å². The number of anilines is 1. The summed E-state index contributed by atoms with van der Waals surface area (Å²) in [6.45, 7) is 7.10. The van der Waals surface area contributed by atoms with E-state index >= 15 is 0 Å². The van der Waals surface area contributed by atoms with Crippen LogP contribution in [0.2, 0.25) is 0 Å². The lowest BCUT2D eigenvalue weighted by Gasteiger charge is -2.16. The number of rotatable bonds is 10. The van der Waals surface area contributed by atoms with Crippen molar-refractivity contribution in [1.29, 1.82) is 5.41 Å². The Morgan fingerprint density at radius 2 is 1.60 bits per heavy atom. The van der Waals surface area contributed by atoms with Crippen LogP contribution in [-0.2, 0) is 21.4 Å². The maximum Gasteiger partial charge on any atom is 0.338 e. The molecule has 0 unspecified atom stereocenters. The number of nitrogen functional groups attached to an aromatic ring is 1. The number of nitrogens with two attached hydrogens (primary N) is 1. The number of amidine groups is 1. The standard InChI is InChI=1S/C28H32N4O3.CH4O3S/c1-4-35-28(34)25-15-20(27(33)32-16-18(2)3)11-14-24(25)23-8-6-5-7-21(23)17-31-22-12-9-19(10-13-22)26(29)30;1-5(2,3)4/h5-15,18,31H,4,16-17H2,1-3H3,(H3,29,30)(H,32,33);1H3,(H,2,3,4). The zero-order chi connectivity index (χ0) is 29.9. The van der Waals surface area contributed by atoms with Gasteiger partial charge in [0.15, 0.2) is 0 Å².